The van der Waals surface area contributed by atoms with E-state index in [9.17, 15) is 14.0 Å². The first-order chi connectivity index (χ1) is 13.5. The summed E-state index contributed by atoms with van der Waals surface area (Å²) in [7, 11) is 0. The van der Waals surface area contributed by atoms with Crippen LogP contribution in [0.4, 0.5) is 9.18 Å². The average Bonchev–Trinajstić information content (AvgIpc) is 3.24. The minimum atomic E-state index is -0.568. The van der Waals surface area contributed by atoms with Gasteiger partial charge in [0.1, 0.15) is 11.5 Å². The number of nitrogens with zero attached hydrogens (tertiary/aromatic N) is 2. The van der Waals surface area contributed by atoms with Crippen LogP contribution < -0.4 is 5.32 Å². The van der Waals surface area contributed by atoms with Crippen molar-refractivity contribution >= 4 is 33.9 Å². The number of benzene rings is 2. The van der Waals surface area contributed by atoms with E-state index >= 15 is 0 Å². The maximum absolute atomic E-state index is 13.9. The lowest BCUT2D eigenvalue weighted by Gasteiger charge is -2.12. The molecule has 0 atom stereocenters. The Kier molecular flexibility index (Phi) is 4.83. The summed E-state index contributed by atoms with van der Waals surface area (Å²) in [4.78, 5) is 25.9. The van der Waals surface area contributed by atoms with Gasteiger partial charge in [0.2, 0.25) is 0 Å². The van der Waals surface area contributed by atoms with Crippen molar-refractivity contribution in [2.75, 3.05) is 0 Å². The zero-order chi connectivity index (χ0) is 19.7. The monoisotopic (exact) mass is 439 g/mol. The highest BCUT2D eigenvalue weighted by Crippen LogP contribution is 2.21. The lowest BCUT2D eigenvalue weighted by Crippen LogP contribution is -2.30. The van der Waals surface area contributed by atoms with E-state index in [1.807, 2.05) is 47.2 Å². The molecule has 1 aliphatic rings. The third kappa shape index (κ3) is 3.48. The van der Waals surface area contributed by atoms with E-state index in [2.05, 4.69) is 21.2 Å². The van der Waals surface area contributed by atoms with E-state index in [4.69, 9.17) is 0 Å². The summed E-state index contributed by atoms with van der Waals surface area (Å²) in [6, 6.07) is 16.9. The summed E-state index contributed by atoms with van der Waals surface area (Å²) < 4.78 is 16.7. The van der Waals surface area contributed by atoms with Crippen molar-refractivity contribution in [3.05, 3.63) is 94.1 Å². The van der Waals surface area contributed by atoms with Crippen molar-refractivity contribution in [1.82, 2.24) is 14.8 Å². The predicted octanol–water partition coefficient (Wildman–Crippen LogP) is 4.47. The molecule has 0 bridgehead atoms. The summed E-state index contributed by atoms with van der Waals surface area (Å²) in [5.41, 5.74) is 2.09. The van der Waals surface area contributed by atoms with Crippen molar-refractivity contribution in [2.24, 2.45) is 0 Å². The van der Waals surface area contributed by atoms with Crippen LogP contribution in [0.15, 0.2) is 77.0 Å². The number of aromatic nitrogens is 1. The molecule has 2 aromatic carbocycles. The fraction of sp³-hybridized carbons (Fsp3) is 0.0476. The van der Waals surface area contributed by atoms with Gasteiger partial charge in [0.15, 0.2) is 0 Å². The normalized spacial score (nSPS) is 15.4. The molecule has 1 aromatic heterocycles. The van der Waals surface area contributed by atoms with Crippen LogP contribution in [0.3, 0.4) is 0 Å². The van der Waals surface area contributed by atoms with Gasteiger partial charge in [-0.05, 0) is 48.5 Å². The number of hydrogen-bond donors (Lipinski definition) is 1. The fourth-order valence-electron chi connectivity index (χ4n) is 3.01. The standard InChI is InChI=1S/C21H15BrFN3O2/c22-15-7-9-16(10-8-15)25-11-3-5-17(25)12-19-20(27)26(21(28)24-19)13-14-4-1-2-6-18(14)23/h1-12H,13H2,(H,24,28)/b19-12+. The zero-order valence-electron chi connectivity index (χ0n) is 14.6. The van der Waals surface area contributed by atoms with Crippen LogP contribution in [-0.2, 0) is 11.3 Å². The molecule has 7 heteroatoms. The number of imide groups is 1. The van der Waals surface area contributed by atoms with Gasteiger partial charge in [-0.15, -0.1) is 0 Å². The number of amides is 3. The molecular weight excluding hydrogens is 425 g/mol. The Morgan fingerprint density at radius 3 is 2.50 bits per heavy atom. The Morgan fingerprint density at radius 1 is 1.00 bits per heavy atom. The Labute approximate surface area is 169 Å². The van der Waals surface area contributed by atoms with E-state index in [0.29, 0.717) is 0 Å². The summed E-state index contributed by atoms with van der Waals surface area (Å²) in [6.07, 6.45) is 3.48. The van der Waals surface area contributed by atoms with Crippen molar-refractivity contribution in [1.29, 1.82) is 0 Å². The lowest BCUT2D eigenvalue weighted by atomic mass is 10.2. The van der Waals surface area contributed by atoms with Crippen molar-refractivity contribution in [3.63, 3.8) is 0 Å². The molecule has 1 N–H and O–H groups in total. The molecule has 0 saturated carbocycles. The highest BCUT2D eigenvalue weighted by atomic mass is 79.9. The van der Waals surface area contributed by atoms with Gasteiger partial charge in [0.25, 0.3) is 5.91 Å². The number of halogens is 2. The molecule has 140 valence electrons. The SMILES string of the molecule is O=C1N/C(=C/c2cccn2-c2ccc(Br)cc2)C(=O)N1Cc1ccccc1F. The molecule has 1 fully saturated rings. The first-order valence-corrected chi connectivity index (χ1v) is 9.33. The number of rotatable bonds is 4. The predicted molar refractivity (Wildman–Crippen MR) is 107 cm³/mol. The highest BCUT2D eigenvalue weighted by Gasteiger charge is 2.34. The minimum Gasteiger partial charge on any atom is -0.317 e. The van der Waals surface area contributed by atoms with Crippen LogP contribution >= 0.6 is 15.9 Å². The van der Waals surface area contributed by atoms with E-state index in [0.717, 1.165) is 20.8 Å². The molecule has 2 heterocycles. The molecule has 5 nitrogen and oxygen atoms in total. The van der Waals surface area contributed by atoms with Crippen LogP contribution in [0.25, 0.3) is 11.8 Å². The zero-order valence-corrected chi connectivity index (χ0v) is 16.2. The summed E-state index contributed by atoms with van der Waals surface area (Å²) in [5.74, 6) is -0.943. The molecule has 0 unspecified atom stereocenters. The second-order valence-electron chi connectivity index (χ2n) is 6.25. The van der Waals surface area contributed by atoms with Crippen molar-refractivity contribution in [3.8, 4) is 5.69 Å². The van der Waals surface area contributed by atoms with Crippen LogP contribution in [0.2, 0.25) is 0 Å². The minimum absolute atomic E-state index is 0.123. The number of carbonyl (C=O) groups excluding carboxylic acids is 2. The smallest absolute Gasteiger partial charge is 0.317 e. The van der Waals surface area contributed by atoms with Gasteiger partial charge >= 0.3 is 6.03 Å². The fourth-order valence-corrected chi connectivity index (χ4v) is 3.27. The number of carbonyl (C=O) groups is 2. The molecule has 1 saturated heterocycles. The Bertz CT molecular complexity index is 1090. The molecule has 0 spiro atoms. The van der Waals surface area contributed by atoms with E-state index in [1.54, 1.807) is 24.3 Å². The van der Waals surface area contributed by atoms with Gasteiger partial charge in [-0.25, -0.2) is 9.18 Å². The maximum atomic E-state index is 13.9. The van der Waals surface area contributed by atoms with Crippen LogP contribution in [-0.4, -0.2) is 21.4 Å². The lowest BCUT2D eigenvalue weighted by molar-refractivity contribution is -0.123. The van der Waals surface area contributed by atoms with Crippen molar-refractivity contribution < 1.29 is 14.0 Å². The highest BCUT2D eigenvalue weighted by molar-refractivity contribution is 9.10. The van der Waals surface area contributed by atoms with Crippen molar-refractivity contribution in [2.45, 2.75) is 6.54 Å². The summed E-state index contributed by atoms with van der Waals surface area (Å²) in [5, 5.41) is 2.57. The molecule has 1 aliphatic heterocycles. The van der Waals surface area contributed by atoms with Crippen LogP contribution in [0.1, 0.15) is 11.3 Å². The van der Waals surface area contributed by atoms with Gasteiger partial charge in [0.05, 0.1) is 6.54 Å². The average molecular weight is 440 g/mol. The topological polar surface area (TPSA) is 54.3 Å². The number of urea groups is 1. The maximum Gasteiger partial charge on any atom is 0.329 e. The second-order valence-corrected chi connectivity index (χ2v) is 7.17. The molecule has 3 aromatic rings. The molecule has 3 amide bonds. The number of nitrogens with one attached hydrogen (secondary N) is 1. The second kappa shape index (κ2) is 7.44. The third-order valence-electron chi connectivity index (χ3n) is 4.43. The van der Waals surface area contributed by atoms with Gasteiger partial charge in [-0.1, -0.05) is 34.1 Å². The Hall–Kier alpha value is -3.19. The Morgan fingerprint density at radius 2 is 1.75 bits per heavy atom. The molecule has 0 aliphatic carbocycles. The van der Waals surface area contributed by atoms with E-state index in [1.165, 1.54) is 6.07 Å². The first kappa shape index (κ1) is 18.2. The molecule has 28 heavy (non-hydrogen) atoms. The molecular formula is C21H15BrFN3O2. The Balaban J connectivity index is 1.61. The molecule has 4 rings (SSSR count). The largest absolute Gasteiger partial charge is 0.329 e. The van der Waals surface area contributed by atoms with E-state index in [-0.39, 0.29) is 17.8 Å². The molecule has 0 radical (unpaired) electrons. The first-order valence-electron chi connectivity index (χ1n) is 8.54. The van der Waals surface area contributed by atoms with Crippen LogP contribution in [0, 0.1) is 5.82 Å². The third-order valence-corrected chi connectivity index (χ3v) is 4.95. The van der Waals surface area contributed by atoms with Gasteiger partial charge in [-0.3, -0.25) is 9.69 Å². The summed E-state index contributed by atoms with van der Waals surface area (Å²) >= 11 is 3.41. The van der Waals surface area contributed by atoms with Gasteiger partial charge in [-0.2, -0.15) is 0 Å². The summed E-state index contributed by atoms with van der Waals surface area (Å²) in [6.45, 7) is -0.123. The van der Waals surface area contributed by atoms with Gasteiger partial charge < -0.3 is 9.88 Å². The quantitative estimate of drug-likeness (QED) is 0.481. The van der Waals surface area contributed by atoms with E-state index < -0.39 is 17.8 Å². The van der Waals surface area contributed by atoms with Gasteiger partial charge in [0, 0.05) is 27.6 Å². The number of hydrogen-bond acceptors (Lipinski definition) is 2. The van der Waals surface area contributed by atoms with Crippen LogP contribution in [0.5, 0.6) is 0 Å².